The van der Waals surface area contributed by atoms with Gasteiger partial charge in [0, 0.05) is 5.69 Å². The molecule has 2 aromatic rings. The number of hydrogen-bond acceptors (Lipinski definition) is 5. The number of nitrogens with zero attached hydrogens (tertiary/aromatic N) is 1. The summed E-state index contributed by atoms with van der Waals surface area (Å²) in [4.78, 5) is 53.1. The average Bonchev–Trinajstić information content (AvgIpc) is 3.15. The Labute approximate surface area is 235 Å². The maximum Gasteiger partial charge on any atom is 0.329 e. The van der Waals surface area contributed by atoms with Gasteiger partial charge in [0.1, 0.15) is 6.04 Å². The Kier molecular flexibility index (Phi) is 9.86. The Morgan fingerprint density at radius 3 is 1.86 bits per heavy atom. The second kappa shape index (κ2) is 12.5. The van der Waals surface area contributed by atoms with E-state index in [4.69, 9.17) is 51.1 Å². The van der Waals surface area contributed by atoms with Crippen molar-refractivity contribution in [1.82, 2.24) is 4.90 Å². The first-order valence-electron chi connectivity index (χ1n) is 11.9. The minimum absolute atomic E-state index is 0.123. The highest BCUT2D eigenvalue weighted by Crippen LogP contribution is 2.45. The van der Waals surface area contributed by atoms with E-state index < -0.39 is 36.3 Å². The zero-order valence-corrected chi connectivity index (χ0v) is 23.6. The Morgan fingerprint density at radius 1 is 0.892 bits per heavy atom. The molecule has 3 amide bonds. The molecule has 7 nitrogen and oxygen atoms in total. The van der Waals surface area contributed by atoms with Gasteiger partial charge < -0.3 is 10.1 Å². The van der Waals surface area contributed by atoms with Crippen LogP contribution in [-0.2, 0) is 27.2 Å². The SMILES string of the molecule is CCCC[C@@H](C(=O)OCC(=O)Nc1c(CC)cccc1CC)N1C(=O)c2c(Cl)c(Cl)c(Cl)c(Cl)c2C1=O. The topological polar surface area (TPSA) is 92.8 Å². The molecule has 0 radical (unpaired) electrons. The number of para-hydroxylation sites is 1. The first-order chi connectivity index (χ1) is 17.6. The van der Waals surface area contributed by atoms with Crippen LogP contribution in [0.15, 0.2) is 18.2 Å². The first kappa shape index (κ1) is 29.2. The largest absolute Gasteiger partial charge is 0.454 e. The Morgan fingerprint density at radius 2 is 1.41 bits per heavy atom. The highest BCUT2D eigenvalue weighted by molar-refractivity contribution is 6.55. The Bertz CT molecular complexity index is 1200. The highest BCUT2D eigenvalue weighted by atomic mass is 35.5. The van der Waals surface area contributed by atoms with Gasteiger partial charge in [-0.3, -0.25) is 19.3 Å². The van der Waals surface area contributed by atoms with Crippen LogP contribution in [0.1, 0.15) is 71.9 Å². The number of unbranched alkanes of at least 4 members (excludes halogenated alkanes) is 1. The molecule has 1 atom stereocenters. The van der Waals surface area contributed by atoms with E-state index in [2.05, 4.69) is 5.32 Å². The van der Waals surface area contributed by atoms with E-state index in [9.17, 15) is 19.2 Å². The number of benzene rings is 2. The van der Waals surface area contributed by atoms with E-state index in [1.165, 1.54) is 0 Å². The molecule has 1 aliphatic heterocycles. The zero-order chi connectivity index (χ0) is 27.4. The van der Waals surface area contributed by atoms with Gasteiger partial charge in [-0.1, -0.05) is 98.2 Å². The van der Waals surface area contributed by atoms with Crippen molar-refractivity contribution < 1.29 is 23.9 Å². The van der Waals surface area contributed by atoms with E-state index in [0.29, 0.717) is 31.4 Å². The van der Waals surface area contributed by atoms with Crippen LogP contribution in [0.25, 0.3) is 0 Å². The second-order valence-corrected chi connectivity index (χ2v) is 9.97. The maximum absolute atomic E-state index is 13.2. The third-order valence-electron chi connectivity index (χ3n) is 6.16. The number of ether oxygens (including phenoxy) is 1. The average molecular weight is 588 g/mol. The third kappa shape index (κ3) is 5.75. The van der Waals surface area contributed by atoms with Gasteiger partial charge in [0.2, 0.25) is 0 Å². The smallest absolute Gasteiger partial charge is 0.329 e. The lowest BCUT2D eigenvalue weighted by Crippen LogP contribution is -2.46. The number of fused-ring (bicyclic) bond motifs is 1. The number of aryl methyl sites for hydroxylation is 2. The molecule has 0 saturated heterocycles. The number of carbonyl (C=O) groups is 4. The summed E-state index contributed by atoms with van der Waals surface area (Å²) in [6.45, 7) is 5.25. The van der Waals surface area contributed by atoms with Crippen molar-refractivity contribution in [2.45, 2.75) is 58.9 Å². The molecule has 1 N–H and O–H groups in total. The lowest BCUT2D eigenvalue weighted by Gasteiger charge is -2.24. The number of carbonyl (C=O) groups excluding carboxylic acids is 4. The van der Waals surface area contributed by atoms with Crippen molar-refractivity contribution in [3.63, 3.8) is 0 Å². The molecule has 2 aromatic carbocycles. The van der Waals surface area contributed by atoms with Crippen LogP contribution in [0.3, 0.4) is 0 Å². The fraction of sp³-hybridized carbons (Fsp3) is 0.385. The van der Waals surface area contributed by atoms with Gasteiger partial charge in [-0.25, -0.2) is 4.79 Å². The lowest BCUT2D eigenvalue weighted by atomic mass is 10.0. The number of halogens is 4. The molecule has 0 fully saturated rings. The van der Waals surface area contributed by atoms with Gasteiger partial charge in [0.05, 0.1) is 31.2 Å². The Balaban J connectivity index is 1.82. The van der Waals surface area contributed by atoms with Gasteiger partial charge in [-0.2, -0.15) is 0 Å². The number of nitrogens with one attached hydrogen (secondary N) is 1. The summed E-state index contributed by atoms with van der Waals surface area (Å²) in [5.41, 5.74) is 2.16. The molecule has 11 heteroatoms. The molecule has 3 rings (SSSR count). The minimum atomic E-state index is -1.29. The fourth-order valence-electron chi connectivity index (χ4n) is 4.21. The van der Waals surface area contributed by atoms with E-state index >= 15 is 0 Å². The highest BCUT2D eigenvalue weighted by Gasteiger charge is 2.47. The van der Waals surface area contributed by atoms with Gasteiger partial charge in [0.25, 0.3) is 17.7 Å². The normalized spacial score (nSPS) is 13.5. The summed E-state index contributed by atoms with van der Waals surface area (Å²) < 4.78 is 5.28. The van der Waals surface area contributed by atoms with Crippen LogP contribution in [0.4, 0.5) is 5.69 Å². The van der Waals surface area contributed by atoms with Crippen LogP contribution >= 0.6 is 46.4 Å². The predicted molar refractivity (Wildman–Crippen MR) is 145 cm³/mol. The summed E-state index contributed by atoms with van der Waals surface area (Å²) in [6.07, 6.45) is 2.73. The number of esters is 1. The molecule has 0 aromatic heterocycles. The predicted octanol–water partition coefficient (Wildman–Crippen LogP) is 6.76. The fourth-order valence-corrected chi connectivity index (χ4v) is 5.23. The van der Waals surface area contributed by atoms with Crippen molar-refractivity contribution in [2.24, 2.45) is 0 Å². The maximum atomic E-state index is 13.2. The summed E-state index contributed by atoms with van der Waals surface area (Å²) >= 11 is 24.6. The van der Waals surface area contributed by atoms with Gasteiger partial charge in [-0.15, -0.1) is 0 Å². The molecule has 1 aliphatic rings. The zero-order valence-electron chi connectivity index (χ0n) is 20.6. The van der Waals surface area contributed by atoms with Crippen molar-refractivity contribution in [1.29, 1.82) is 0 Å². The lowest BCUT2D eigenvalue weighted by molar-refractivity contribution is -0.151. The number of rotatable bonds is 10. The summed E-state index contributed by atoms with van der Waals surface area (Å²) in [7, 11) is 0. The molecular weight excluding hydrogens is 562 g/mol. The van der Waals surface area contributed by atoms with Crippen molar-refractivity contribution in [3.8, 4) is 0 Å². The monoisotopic (exact) mass is 586 g/mol. The molecular formula is C26H26Cl4N2O5. The molecule has 37 heavy (non-hydrogen) atoms. The van der Waals surface area contributed by atoms with Gasteiger partial charge in [-0.05, 0) is 30.4 Å². The minimum Gasteiger partial charge on any atom is -0.454 e. The second-order valence-electron chi connectivity index (χ2n) is 8.46. The summed E-state index contributed by atoms with van der Waals surface area (Å²) in [5, 5.41) is 2.03. The van der Waals surface area contributed by atoms with E-state index in [0.717, 1.165) is 16.0 Å². The molecule has 0 bridgehead atoms. The van der Waals surface area contributed by atoms with Crippen molar-refractivity contribution >= 4 is 75.8 Å². The van der Waals surface area contributed by atoms with E-state index in [1.807, 2.05) is 39.0 Å². The van der Waals surface area contributed by atoms with Crippen LogP contribution in [0.2, 0.25) is 20.1 Å². The quantitative estimate of drug-likeness (QED) is 0.143. The van der Waals surface area contributed by atoms with E-state index in [1.54, 1.807) is 0 Å². The molecule has 198 valence electrons. The van der Waals surface area contributed by atoms with Gasteiger partial charge >= 0.3 is 5.97 Å². The number of amides is 3. The molecule has 0 spiro atoms. The van der Waals surface area contributed by atoms with Crippen LogP contribution in [0.5, 0.6) is 0 Å². The molecule has 0 saturated carbocycles. The molecule has 0 aliphatic carbocycles. The van der Waals surface area contributed by atoms with Crippen LogP contribution < -0.4 is 5.32 Å². The number of imide groups is 1. The summed E-state index contributed by atoms with van der Waals surface area (Å²) in [6, 6.07) is 4.46. The number of hydrogen-bond donors (Lipinski definition) is 1. The molecule has 1 heterocycles. The Hall–Kier alpha value is -2.32. The number of anilines is 1. The van der Waals surface area contributed by atoms with Crippen molar-refractivity contribution in [3.05, 3.63) is 60.5 Å². The molecule has 0 unspecified atom stereocenters. The van der Waals surface area contributed by atoms with Crippen molar-refractivity contribution in [2.75, 3.05) is 11.9 Å². The van der Waals surface area contributed by atoms with E-state index in [-0.39, 0.29) is 37.6 Å². The summed E-state index contributed by atoms with van der Waals surface area (Å²) in [5.74, 6) is -3.11. The standard InChI is InChI=1S/C26H26Cl4N2O5/c1-4-7-11-15(32-24(34)17-18(25(32)35)20(28)22(30)21(29)19(17)27)26(36)37-12-16(33)31-23-13(5-2)9-8-10-14(23)6-3/h8-10,15H,4-7,11-12H2,1-3H3,(H,31,33)/t15-/m0/s1. The first-order valence-corrected chi connectivity index (χ1v) is 13.4. The third-order valence-corrected chi connectivity index (χ3v) is 7.96. The van der Waals surface area contributed by atoms with Gasteiger partial charge in [0.15, 0.2) is 6.61 Å². The van der Waals surface area contributed by atoms with Crippen LogP contribution in [-0.4, -0.2) is 41.2 Å². The van der Waals surface area contributed by atoms with Crippen LogP contribution in [0, 0.1) is 0 Å².